The molecule has 1 amide bonds. The second kappa shape index (κ2) is 4.85. The van der Waals surface area contributed by atoms with E-state index in [4.69, 9.17) is 17.3 Å². The molecule has 0 aliphatic carbocycles. The van der Waals surface area contributed by atoms with Gasteiger partial charge < -0.3 is 11.1 Å². The van der Waals surface area contributed by atoms with E-state index in [0.29, 0.717) is 11.6 Å². The molecule has 0 aliphatic heterocycles. The van der Waals surface area contributed by atoms with Crippen LogP contribution in [-0.2, 0) is 4.79 Å². The molecule has 16 heavy (non-hydrogen) atoms. The Labute approximate surface area is 101 Å². The predicted octanol–water partition coefficient (Wildman–Crippen LogP) is 2.57. The summed E-state index contributed by atoms with van der Waals surface area (Å²) in [5, 5.41) is 3.44. The number of hydrogen-bond acceptors (Lipinski definition) is 2. The number of amides is 1. The van der Waals surface area contributed by atoms with Gasteiger partial charge in [-0.2, -0.15) is 0 Å². The zero-order valence-electron chi connectivity index (χ0n) is 9.80. The third-order valence-electron chi connectivity index (χ3n) is 2.57. The lowest BCUT2D eigenvalue weighted by atomic mass is 9.92. The highest BCUT2D eigenvalue weighted by molar-refractivity contribution is 6.31. The molecule has 0 bridgehead atoms. The molecule has 0 aromatic heterocycles. The standard InChI is InChI=1S/C12H17ClN2O/c1-8-4-5-9(13)6-10(8)15-11(16)12(2,3)7-14/h4-6H,7,14H2,1-3H3,(H,15,16). The van der Waals surface area contributed by atoms with Gasteiger partial charge in [-0.1, -0.05) is 17.7 Å². The van der Waals surface area contributed by atoms with Crippen molar-refractivity contribution in [3.63, 3.8) is 0 Å². The Bertz CT molecular complexity index is 402. The van der Waals surface area contributed by atoms with Crippen LogP contribution >= 0.6 is 11.6 Å². The Hall–Kier alpha value is -1.06. The van der Waals surface area contributed by atoms with Crippen molar-refractivity contribution in [2.45, 2.75) is 20.8 Å². The maximum absolute atomic E-state index is 11.9. The Kier molecular flexibility index (Phi) is 3.94. The first-order valence-electron chi connectivity index (χ1n) is 5.14. The molecule has 1 rings (SSSR count). The fourth-order valence-electron chi connectivity index (χ4n) is 1.11. The van der Waals surface area contributed by atoms with E-state index in [1.54, 1.807) is 12.1 Å². The number of nitrogens with one attached hydrogen (secondary N) is 1. The van der Waals surface area contributed by atoms with Gasteiger partial charge in [0, 0.05) is 17.3 Å². The smallest absolute Gasteiger partial charge is 0.231 e. The minimum Gasteiger partial charge on any atom is -0.329 e. The van der Waals surface area contributed by atoms with E-state index in [1.165, 1.54) is 0 Å². The average Bonchev–Trinajstić information content (AvgIpc) is 2.23. The summed E-state index contributed by atoms with van der Waals surface area (Å²) in [5.41, 5.74) is 6.68. The van der Waals surface area contributed by atoms with Gasteiger partial charge in [-0.25, -0.2) is 0 Å². The van der Waals surface area contributed by atoms with E-state index in [-0.39, 0.29) is 5.91 Å². The molecular formula is C12H17ClN2O. The van der Waals surface area contributed by atoms with Crippen LogP contribution in [0.3, 0.4) is 0 Å². The molecule has 0 aliphatic rings. The van der Waals surface area contributed by atoms with Crippen LogP contribution in [0.2, 0.25) is 5.02 Å². The minimum absolute atomic E-state index is 0.0969. The number of aryl methyl sites for hydroxylation is 1. The number of hydrogen-bond donors (Lipinski definition) is 2. The van der Waals surface area contributed by atoms with E-state index >= 15 is 0 Å². The van der Waals surface area contributed by atoms with Gasteiger partial charge in [-0.15, -0.1) is 0 Å². The van der Waals surface area contributed by atoms with Crippen LogP contribution in [0.25, 0.3) is 0 Å². The molecule has 1 aromatic carbocycles. The fourth-order valence-corrected chi connectivity index (χ4v) is 1.29. The molecule has 0 saturated heterocycles. The van der Waals surface area contributed by atoms with E-state index in [2.05, 4.69) is 5.32 Å². The zero-order chi connectivity index (χ0) is 12.3. The lowest BCUT2D eigenvalue weighted by molar-refractivity contribution is -0.123. The third-order valence-corrected chi connectivity index (χ3v) is 2.81. The Balaban J connectivity index is 2.89. The van der Waals surface area contributed by atoms with Gasteiger partial charge in [0.15, 0.2) is 0 Å². The van der Waals surface area contributed by atoms with Crippen LogP contribution in [0.5, 0.6) is 0 Å². The van der Waals surface area contributed by atoms with Gasteiger partial charge in [0.2, 0.25) is 5.91 Å². The number of anilines is 1. The van der Waals surface area contributed by atoms with Gasteiger partial charge in [0.1, 0.15) is 0 Å². The van der Waals surface area contributed by atoms with Crippen LogP contribution in [0.15, 0.2) is 18.2 Å². The van der Waals surface area contributed by atoms with Gasteiger partial charge in [-0.05, 0) is 38.5 Å². The topological polar surface area (TPSA) is 55.1 Å². The average molecular weight is 241 g/mol. The van der Waals surface area contributed by atoms with Gasteiger partial charge >= 0.3 is 0 Å². The second-order valence-electron chi connectivity index (χ2n) is 4.50. The summed E-state index contributed by atoms with van der Waals surface area (Å²) < 4.78 is 0. The number of nitrogens with two attached hydrogens (primary N) is 1. The van der Waals surface area contributed by atoms with Crippen LogP contribution in [0.1, 0.15) is 19.4 Å². The lowest BCUT2D eigenvalue weighted by Gasteiger charge is -2.22. The molecule has 0 heterocycles. The highest BCUT2D eigenvalue weighted by Crippen LogP contribution is 2.23. The number of halogens is 1. The first kappa shape index (κ1) is 13.0. The summed E-state index contributed by atoms with van der Waals surface area (Å²) in [6, 6.07) is 5.40. The molecule has 0 saturated carbocycles. The van der Waals surface area contributed by atoms with E-state index in [9.17, 15) is 4.79 Å². The molecule has 4 heteroatoms. The number of carbonyl (C=O) groups excluding carboxylic acids is 1. The molecule has 0 fully saturated rings. The molecule has 88 valence electrons. The largest absolute Gasteiger partial charge is 0.329 e. The van der Waals surface area contributed by atoms with Crippen LogP contribution < -0.4 is 11.1 Å². The second-order valence-corrected chi connectivity index (χ2v) is 4.94. The molecule has 3 nitrogen and oxygen atoms in total. The normalized spacial score (nSPS) is 11.3. The van der Waals surface area contributed by atoms with Crippen molar-refractivity contribution in [1.29, 1.82) is 0 Å². The van der Waals surface area contributed by atoms with Crippen LogP contribution in [0, 0.1) is 12.3 Å². The number of rotatable bonds is 3. The predicted molar refractivity (Wildman–Crippen MR) is 67.7 cm³/mol. The zero-order valence-corrected chi connectivity index (χ0v) is 10.6. The first-order valence-corrected chi connectivity index (χ1v) is 5.52. The van der Waals surface area contributed by atoms with Crippen LogP contribution in [-0.4, -0.2) is 12.5 Å². The van der Waals surface area contributed by atoms with Crippen LogP contribution in [0.4, 0.5) is 5.69 Å². The van der Waals surface area contributed by atoms with Crippen molar-refractivity contribution in [3.8, 4) is 0 Å². The summed E-state index contributed by atoms with van der Waals surface area (Å²) in [6.45, 7) is 5.84. The summed E-state index contributed by atoms with van der Waals surface area (Å²) in [4.78, 5) is 11.9. The minimum atomic E-state index is -0.575. The van der Waals surface area contributed by atoms with Gasteiger partial charge in [0.05, 0.1) is 5.41 Å². The summed E-state index contributed by atoms with van der Waals surface area (Å²) in [7, 11) is 0. The number of benzene rings is 1. The van der Waals surface area contributed by atoms with E-state index in [0.717, 1.165) is 11.3 Å². The van der Waals surface area contributed by atoms with Crippen molar-refractivity contribution < 1.29 is 4.79 Å². The number of carbonyl (C=O) groups is 1. The van der Waals surface area contributed by atoms with E-state index in [1.807, 2.05) is 26.8 Å². The molecule has 3 N–H and O–H groups in total. The van der Waals surface area contributed by atoms with E-state index < -0.39 is 5.41 Å². The Morgan fingerprint density at radius 3 is 2.69 bits per heavy atom. The van der Waals surface area contributed by atoms with Crippen molar-refractivity contribution in [3.05, 3.63) is 28.8 Å². The van der Waals surface area contributed by atoms with Crippen molar-refractivity contribution in [2.75, 3.05) is 11.9 Å². The van der Waals surface area contributed by atoms with Crippen molar-refractivity contribution >= 4 is 23.2 Å². The molecule has 1 aromatic rings. The summed E-state index contributed by atoms with van der Waals surface area (Å²) in [6.07, 6.45) is 0. The summed E-state index contributed by atoms with van der Waals surface area (Å²) in [5.74, 6) is -0.0969. The van der Waals surface area contributed by atoms with Crippen molar-refractivity contribution in [2.24, 2.45) is 11.1 Å². The maximum Gasteiger partial charge on any atom is 0.231 e. The molecule has 0 unspecified atom stereocenters. The summed E-state index contributed by atoms with van der Waals surface area (Å²) >= 11 is 5.87. The Morgan fingerprint density at radius 2 is 2.12 bits per heavy atom. The molecule has 0 radical (unpaired) electrons. The lowest BCUT2D eigenvalue weighted by Crippen LogP contribution is -2.37. The Morgan fingerprint density at radius 1 is 1.50 bits per heavy atom. The quantitative estimate of drug-likeness (QED) is 0.853. The highest BCUT2D eigenvalue weighted by atomic mass is 35.5. The van der Waals surface area contributed by atoms with Gasteiger partial charge in [-0.3, -0.25) is 4.79 Å². The van der Waals surface area contributed by atoms with Gasteiger partial charge in [0.25, 0.3) is 0 Å². The molecular weight excluding hydrogens is 224 g/mol. The third kappa shape index (κ3) is 2.97. The fraction of sp³-hybridized carbons (Fsp3) is 0.417. The monoisotopic (exact) mass is 240 g/mol. The molecule has 0 atom stereocenters. The van der Waals surface area contributed by atoms with Crippen molar-refractivity contribution in [1.82, 2.24) is 0 Å². The molecule has 0 spiro atoms. The maximum atomic E-state index is 11.9. The SMILES string of the molecule is Cc1ccc(Cl)cc1NC(=O)C(C)(C)CN. The highest BCUT2D eigenvalue weighted by Gasteiger charge is 2.26. The first-order chi connectivity index (χ1) is 7.36.